The summed E-state index contributed by atoms with van der Waals surface area (Å²) in [5.74, 6) is -1.36. The van der Waals surface area contributed by atoms with Gasteiger partial charge in [-0.25, -0.2) is 0 Å². The molecule has 0 bridgehead atoms. The largest absolute Gasteiger partial charge is 0.481 e. The number of aliphatic carboxylic acids is 2. The van der Waals surface area contributed by atoms with E-state index in [9.17, 15) is 9.59 Å². The summed E-state index contributed by atoms with van der Waals surface area (Å²) in [5, 5.41) is 16.7. The molecule has 26 heavy (non-hydrogen) atoms. The maximum absolute atomic E-state index is 10.2. The van der Waals surface area contributed by atoms with Crippen molar-refractivity contribution >= 4 is 11.9 Å². The third-order valence-corrected chi connectivity index (χ3v) is 4.19. The van der Waals surface area contributed by atoms with Crippen LogP contribution in [-0.4, -0.2) is 35.2 Å². The first-order valence-electron chi connectivity index (χ1n) is 10.4. The molecule has 0 aromatic rings. The molecule has 0 heterocycles. The Bertz CT molecular complexity index is 282. The van der Waals surface area contributed by atoms with E-state index in [-0.39, 0.29) is 0 Å². The van der Waals surface area contributed by atoms with Crippen LogP contribution in [0.1, 0.15) is 103 Å². The predicted molar refractivity (Wildman–Crippen MR) is 107 cm³/mol. The van der Waals surface area contributed by atoms with E-state index < -0.39 is 11.9 Å². The Kier molecular flexibility index (Phi) is 24.9. The first kappa shape index (κ1) is 27.1. The summed E-state index contributed by atoms with van der Waals surface area (Å²) in [7, 11) is 0. The van der Waals surface area contributed by atoms with Gasteiger partial charge in [0.1, 0.15) is 0 Å². The van der Waals surface area contributed by atoms with Crippen LogP contribution in [0.5, 0.6) is 0 Å². The molecule has 6 N–H and O–H groups in total. The van der Waals surface area contributed by atoms with Crippen LogP contribution >= 0.6 is 0 Å². The summed E-state index contributed by atoms with van der Waals surface area (Å²) < 4.78 is 0. The topological polar surface area (TPSA) is 127 Å². The van der Waals surface area contributed by atoms with Gasteiger partial charge < -0.3 is 21.7 Å². The van der Waals surface area contributed by atoms with Crippen molar-refractivity contribution in [3.63, 3.8) is 0 Å². The monoisotopic (exact) mass is 374 g/mol. The number of carbonyl (C=O) groups is 2. The molecule has 0 radical (unpaired) electrons. The van der Waals surface area contributed by atoms with E-state index in [0.29, 0.717) is 12.8 Å². The van der Waals surface area contributed by atoms with Crippen LogP contribution in [0.4, 0.5) is 0 Å². The molecule has 0 aromatic carbocycles. The van der Waals surface area contributed by atoms with E-state index >= 15 is 0 Å². The van der Waals surface area contributed by atoms with Gasteiger partial charge in [0.15, 0.2) is 0 Å². The second-order valence-electron chi connectivity index (χ2n) is 6.81. The molecule has 0 saturated carbocycles. The van der Waals surface area contributed by atoms with Gasteiger partial charge >= 0.3 is 11.9 Å². The number of hydrogen-bond acceptors (Lipinski definition) is 4. The van der Waals surface area contributed by atoms with Gasteiger partial charge in [-0.05, 0) is 38.8 Å². The molecule has 0 spiro atoms. The van der Waals surface area contributed by atoms with Crippen molar-refractivity contribution in [3.05, 3.63) is 0 Å². The van der Waals surface area contributed by atoms with Crippen LogP contribution < -0.4 is 11.5 Å². The minimum Gasteiger partial charge on any atom is -0.481 e. The van der Waals surface area contributed by atoms with Crippen LogP contribution in [0.3, 0.4) is 0 Å². The van der Waals surface area contributed by atoms with Crippen molar-refractivity contribution < 1.29 is 19.8 Å². The van der Waals surface area contributed by atoms with Gasteiger partial charge in [-0.2, -0.15) is 0 Å². The number of carboxylic acid groups (broad SMARTS) is 2. The predicted octanol–water partition coefficient (Wildman–Crippen LogP) is 4.30. The van der Waals surface area contributed by atoms with E-state index in [0.717, 1.165) is 64.5 Å². The SMILES string of the molecule is NCCCCCCCCCC(=O)O.NCCCCCCCCCC(=O)O. The van der Waals surface area contributed by atoms with Crippen LogP contribution in [0, 0.1) is 0 Å². The molecule has 0 rings (SSSR count). The number of carboxylic acids is 2. The molecular formula is C20H42N2O4. The van der Waals surface area contributed by atoms with Crippen molar-refractivity contribution in [1.29, 1.82) is 0 Å². The van der Waals surface area contributed by atoms with Crippen LogP contribution in [0.2, 0.25) is 0 Å². The Morgan fingerprint density at radius 3 is 0.923 bits per heavy atom. The summed E-state index contributed by atoms with van der Waals surface area (Å²) in [6.45, 7) is 1.58. The summed E-state index contributed by atoms with van der Waals surface area (Å²) in [6, 6.07) is 0. The first-order valence-corrected chi connectivity index (χ1v) is 10.4. The van der Waals surface area contributed by atoms with Gasteiger partial charge in [-0.3, -0.25) is 9.59 Å². The molecule has 0 aliphatic carbocycles. The zero-order chi connectivity index (χ0) is 19.9. The minimum absolute atomic E-state index is 0.322. The molecule has 0 fully saturated rings. The Hall–Kier alpha value is -1.14. The van der Waals surface area contributed by atoms with E-state index in [1.807, 2.05) is 0 Å². The average Bonchev–Trinajstić information content (AvgIpc) is 2.60. The molecule has 0 aliphatic heterocycles. The van der Waals surface area contributed by atoms with Gasteiger partial charge in [0.2, 0.25) is 0 Å². The van der Waals surface area contributed by atoms with Crippen molar-refractivity contribution in [3.8, 4) is 0 Å². The Morgan fingerprint density at radius 1 is 0.462 bits per heavy atom. The lowest BCUT2D eigenvalue weighted by Gasteiger charge is -1.99. The fraction of sp³-hybridized carbons (Fsp3) is 0.900. The maximum Gasteiger partial charge on any atom is 0.303 e. The van der Waals surface area contributed by atoms with Crippen molar-refractivity contribution in [2.75, 3.05) is 13.1 Å². The quantitative estimate of drug-likeness (QED) is 0.265. The van der Waals surface area contributed by atoms with Gasteiger partial charge in [0, 0.05) is 12.8 Å². The van der Waals surface area contributed by atoms with Gasteiger partial charge in [-0.15, -0.1) is 0 Å². The molecule has 0 aromatic heterocycles. The van der Waals surface area contributed by atoms with E-state index in [1.165, 1.54) is 38.5 Å². The summed E-state index contributed by atoms with van der Waals surface area (Å²) >= 11 is 0. The lowest BCUT2D eigenvalue weighted by Crippen LogP contribution is -1.97. The normalized spacial score (nSPS) is 10.2. The molecular weight excluding hydrogens is 332 g/mol. The van der Waals surface area contributed by atoms with Crippen molar-refractivity contribution in [2.24, 2.45) is 11.5 Å². The van der Waals surface area contributed by atoms with Crippen molar-refractivity contribution in [1.82, 2.24) is 0 Å². The number of hydrogen-bond donors (Lipinski definition) is 4. The lowest BCUT2D eigenvalue weighted by molar-refractivity contribution is -0.138. The summed E-state index contributed by atoms with van der Waals surface area (Å²) in [4.78, 5) is 20.3. The van der Waals surface area contributed by atoms with E-state index in [2.05, 4.69) is 0 Å². The smallest absolute Gasteiger partial charge is 0.303 e. The average molecular weight is 375 g/mol. The van der Waals surface area contributed by atoms with E-state index in [1.54, 1.807) is 0 Å². The van der Waals surface area contributed by atoms with Crippen LogP contribution in [0.25, 0.3) is 0 Å². The first-order chi connectivity index (χ1) is 12.5. The Balaban J connectivity index is 0. The maximum atomic E-state index is 10.2. The molecule has 6 heteroatoms. The van der Waals surface area contributed by atoms with Crippen molar-refractivity contribution in [2.45, 2.75) is 103 Å². The molecule has 6 nitrogen and oxygen atoms in total. The Labute approximate surface area is 159 Å². The highest BCUT2D eigenvalue weighted by Gasteiger charge is 1.97. The highest BCUT2D eigenvalue weighted by atomic mass is 16.4. The Morgan fingerprint density at radius 2 is 0.692 bits per heavy atom. The fourth-order valence-corrected chi connectivity index (χ4v) is 2.61. The van der Waals surface area contributed by atoms with Gasteiger partial charge in [0.05, 0.1) is 0 Å². The zero-order valence-corrected chi connectivity index (χ0v) is 16.6. The van der Waals surface area contributed by atoms with E-state index in [4.69, 9.17) is 21.7 Å². The number of unbranched alkanes of at least 4 members (excludes halogenated alkanes) is 12. The summed E-state index contributed by atoms with van der Waals surface area (Å²) in [5.41, 5.74) is 10.7. The highest BCUT2D eigenvalue weighted by Crippen LogP contribution is 2.08. The van der Waals surface area contributed by atoms with Crippen LogP contribution in [0.15, 0.2) is 0 Å². The highest BCUT2D eigenvalue weighted by molar-refractivity contribution is 5.66. The summed E-state index contributed by atoms with van der Waals surface area (Å²) in [6.07, 6.45) is 16.3. The second kappa shape index (κ2) is 23.9. The molecule has 0 saturated heterocycles. The molecule has 0 atom stereocenters. The molecule has 0 unspecified atom stereocenters. The number of nitrogens with two attached hydrogens (primary N) is 2. The molecule has 156 valence electrons. The third-order valence-electron chi connectivity index (χ3n) is 4.19. The minimum atomic E-state index is -0.678. The van der Waals surface area contributed by atoms with Gasteiger partial charge in [0.25, 0.3) is 0 Å². The number of rotatable bonds is 18. The van der Waals surface area contributed by atoms with Gasteiger partial charge in [-0.1, -0.05) is 64.2 Å². The fourth-order valence-electron chi connectivity index (χ4n) is 2.61. The molecule has 0 amide bonds. The zero-order valence-electron chi connectivity index (χ0n) is 16.6. The molecule has 0 aliphatic rings. The lowest BCUT2D eigenvalue weighted by atomic mass is 10.1. The van der Waals surface area contributed by atoms with Crippen LogP contribution in [-0.2, 0) is 9.59 Å². The second-order valence-corrected chi connectivity index (χ2v) is 6.81. The third kappa shape index (κ3) is 30.7. The standard InChI is InChI=1S/2C10H21NO2/c2*11-9-7-5-3-1-2-4-6-8-10(12)13/h2*1-9,11H2,(H,12,13).